The number of fused-ring (bicyclic) bond motifs is 1. The molecule has 10 heteroatoms. The van der Waals surface area contributed by atoms with Gasteiger partial charge in [0.05, 0.1) is 35.1 Å². The van der Waals surface area contributed by atoms with Crippen molar-refractivity contribution in [3.05, 3.63) is 88.5 Å². The summed E-state index contributed by atoms with van der Waals surface area (Å²) in [6.07, 6.45) is 3.95. The third-order valence-electron chi connectivity index (χ3n) is 7.62. The maximum Gasteiger partial charge on any atom is 0.271 e. The van der Waals surface area contributed by atoms with Crippen molar-refractivity contribution in [2.75, 3.05) is 25.0 Å². The quantitative estimate of drug-likeness (QED) is 0.186. The number of carbonyl (C=O) groups is 2. The zero-order valence-corrected chi connectivity index (χ0v) is 24.6. The Kier molecular flexibility index (Phi) is 10.1. The Bertz CT molecular complexity index is 1560. The molecule has 1 aromatic heterocycles. The van der Waals surface area contributed by atoms with Gasteiger partial charge in [0.2, 0.25) is 6.10 Å². The van der Waals surface area contributed by atoms with Crippen LogP contribution < -0.4 is 10.1 Å². The topological polar surface area (TPSA) is 136 Å². The average molecular weight is 599 g/mol. The molecule has 3 aromatic carbocycles. The summed E-state index contributed by atoms with van der Waals surface area (Å²) in [6, 6.07) is 18.9. The van der Waals surface area contributed by atoms with Crippen LogP contribution in [0.4, 0.5) is 5.13 Å². The molecule has 0 spiro atoms. The van der Waals surface area contributed by atoms with E-state index in [0.717, 1.165) is 30.8 Å². The number of ketones is 1. The molecule has 1 aliphatic heterocycles. The summed E-state index contributed by atoms with van der Waals surface area (Å²) in [6.45, 7) is 2.69. The third-order valence-corrected chi connectivity index (χ3v) is 8.55. The van der Waals surface area contributed by atoms with E-state index >= 15 is 0 Å². The van der Waals surface area contributed by atoms with Crippen LogP contribution in [0.1, 0.15) is 70.8 Å². The fraction of sp³-hybridized carbons (Fsp3) is 0.333. The van der Waals surface area contributed by atoms with Crippen molar-refractivity contribution in [3.8, 4) is 11.8 Å². The summed E-state index contributed by atoms with van der Waals surface area (Å²) in [5.41, 5.74) is 3.37. The highest BCUT2D eigenvalue weighted by Crippen LogP contribution is 2.31. The molecular formula is C33H34N4O5S. The van der Waals surface area contributed by atoms with Gasteiger partial charge in [0.1, 0.15) is 5.75 Å². The van der Waals surface area contributed by atoms with Crippen molar-refractivity contribution in [2.45, 2.75) is 51.4 Å². The minimum Gasteiger partial charge on any atom is -0.476 e. The number of hydrogen-bond donors (Lipinski definition) is 3. The summed E-state index contributed by atoms with van der Waals surface area (Å²) < 4.78 is 6.87. The number of likely N-dealkylation sites (tertiary alicyclic amines) is 1. The van der Waals surface area contributed by atoms with E-state index in [-0.39, 0.29) is 19.0 Å². The van der Waals surface area contributed by atoms with Gasteiger partial charge in [0, 0.05) is 17.5 Å². The summed E-state index contributed by atoms with van der Waals surface area (Å²) in [7, 11) is 0. The molecule has 1 atom stereocenters. The minimum atomic E-state index is -1.07. The van der Waals surface area contributed by atoms with E-state index in [1.54, 1.807) is 60.7 Å². The zero-order valence-electron chi connectivity index (χ0n) is 23.8. The molecule has 222 valence electrons. The molecular weight excluding hydrogens is 564 g/mol. The maximum atomic E-state index is 13.6. The molecule has 3 N–H and O–H groups in total. The van der Waals surface area contributed by atoms with Crippen LogP contribution in [0.5, 0.6) is 5.75 Å². The maximum absolute atomic E-state index is 13.6. The first-order valence-corrected chi connectivity index (χ1v) is 15.3. The van der Waals surface area contributed by atoms with Gasteiger partial charge >= 0.3 is 0 Å². The van der Waals surface area contributed by atoms with Gasteiger partial charge in [0.25, 0.3) is 5.91 Å². The Morgan fingerprint density at radius 3 is 2.37 bits per heavy atom. The summed E-state index contributed by atoms with van der Waals surface area (Å²) in [4.78, 5) is 33.4. The van der Waals surface area contributed by atoms with Crippen LogP contribution in [0.2, 0.25) is 0 Å². The number of ether oxygens (including phenoxy) is 1. The number of aromatic nitrogens is 1. The largest absolute Gasteiger partial charge is 0.476 e. The van der Waals surface area contributed by atoms with Crippen LogP contribution in [0.3, 0.4) is 0 Å². The predicted molar refractivity (Wildman–Crippen MR) is 165 cm³/mol. The number of amides is 1. The molecule has 43 heavy (non-hydrogen) atoms. The Labute approximate surface area is 254 Å². The Hall–Kier alpha value is -4.14. The van der Waals surface area contributed by atoms with Gasteiger partial charge in [-0.1, -0.05) is 42.0 Å². The van der Waals surface area contributed by atoms with Crippen molar-refractivity contribution >= 4 is 38.4 Å². The van der Waals surface area contributed by atoms with Gasteiger partial charge in [-0.25, -0.2) is 4.98 Å². The second-order valence-electron chi connectivity index (χ2n) is 10.6. The van der Waals surface area contributed by atoms with Crippen molar-refractivity contribution in [3.63, 3.8) is 0 Å². The molecule has 4 aromatic rings. The Morgan fingerprint density at radius 2 is 1.70 bits per heavy atom. The molecule has 1 unspecified atom stereocenters. The molecule has 5 rings (SSSR count). The second kappa shape index (κ2) is 14.4. The Morgan fingerprint density at radius 1 is 1.00 bits per heavy atom. The van der Waals surface area contributed by atoms with E-state index in [0.29, 0.717) is 50.6 Å². The molecule has 1 amide bonds. The van der Waals surface area contributed by atoms with Crippen molar-refractivity contribution in [1.82, 2.24) is 9.88 Å². The molecule has 1 aliphatic rings. The first-order chi connectivity index (χ1) is 21.0. The van der Waals surface area contributed by atoms with Gasteiger partial charge in [-0.2, -0.15) is 5.26 Å². The molecule has 2 heterocycles. The van der Waals surface area contributed by atoms with Crippen LogP contribution in [0, 0.1) is 11.3 Å². The highest BCUT2D eigenvalue weighted by atomic mass is 32.1. The predicted octanol–water partition coefficient (Wildman–Crippen LogP) is 5.36. The van der Waals surface area contributed by atoms with E-state index in [1.165, 1.54) is 30.6 Å². The summed E-state index contributed by atoms with van der Waals surface area (Å²) >= 11 is 1.25. The smallest absolute Gasteiger partial charge is 0.271 e. The SMILES string of the molecule is N#Cc1ccc(OC(C(=O)Nc2nc3cc(CO)c(CO)cc3s2)c2ccc(C(=O)CCCN3CCCCC3)cc2)cc1. The van der Waals surface area contributed by atoms with Gasteiger partial charge in [0.15, 0.2) is 10.9 Å². The standard InChI is InChI=1S/C33H34N4O5S/c34-19-22-6-12-27(13-7-22)42-31(32(41)36-33-35-28-17-25(20-38)26(21-39)18-30(28)43-33)24-10-8-23(9-11-24)29(40)5-4-16-37-14-2-1-3-15-37/h6-13,17-18,31,38-39H,1-5,14-16,20-21H2,(H,35,36,41). The van der Waals surface area contributed by atoms with E-state index < -0.39 is 12.0 Å². The van der Waals surface area contributed by atoms with Crippen molar-refractivity contribution < 1.29 is 24.5 Å². The van der Waals surface area contributed by atoms with Gasteiger partial charge in [-0.05, 0) is 86.4 Å². The first kappa shape index (κ1) is 30.3. The number of aliphatic hydroxyl groups is 2. The van der Waals surface area contributed by atoms with E-state index in [2.05, 4.69) is 21.3 Å². The van der Waals surface area contributed by atoms with Crippen LogP contribution in [-0.4, -0.2) is 51.4 Å². The second-order valence-corrected chi connectivity index (χ2v) is 11.6. The van der Waals surface area contributed by atoms with Crippen LogP contribution in [0.25, 0.3) is 10.2 Å². The van der Waals surface area contributed by atoms with E-state index in [4.69, 9.17) is 10.00 Å². The number of benzene rings is 3. The molecule has 0 aliphatic carbocycles. The van der Waals surface area contributed by atoms with Crippen molar-refractivity contribution in [1.29, 1.82) is 5.26 Å². The van der Waals surface area contributed by atoms with Crippen molar-refractivity contribution in [2.24, 2.45) is 0 Å². The number of piperidine rings is 1. The molecule has 1 fully saturated rings. The van der Waals surface area contributed by atoms with Gasteiger partial charge in [-0.3, -0.25) is 14.9 Å². The highest BCUT2D eigenvalue weighted by Gasteiger charge is 2.25. The number of nitrogens with zero attached hydrogens (tertiary/aromatic N) is 3. The molecule has 0 bridgehead atoms. The number of anilines is 1. The highest BCUT2D eigenvalue weighted by molar-refractivity contribution is 7.22. The fourth-order valence-electron chi connectivity index (χ4n) is 5.23. The fourth-order valence-corrected chi connectivity index (χ4v) is 6.14. The number of nitriles is 1. The number of nitrogens with one attached hydrogen (secondary N) is 1. The number of aliphatic hydroxyl groups excluding tert-OH is 2. The zero-order chi connectivity index (χ0) is 30.2. The molecule has 0 radical (unpaired) electrons. The van der Waals surface area contributed by atoms with E-state index in [1.807, 2.05) is 0 Å². The third kappa shape index (κ3) is 7.63. The normalized spacial score (nSPS) is 14.3. The lowest BCUT2D eigenvalue weighted by Gasteiger charge is -2.26. The summed E-state index contributed by atoms with van der Waals surface area (Å²) in [5, 5.41) is 31.6. The number of carbonyl (C=O) groups excluding carboxylic acids is 2. The molecule has 0 saturated carbocycles. The summed E-state index contributed by atoms with van der Waals surface area (Å²) in [5.74, 6) is 0.00632. The molecule has 9 nitrogen and oxygen atoms in total. The first-order valence-electron chi connectivity index (χ1n) is 14.4. The van der Waals surface area contributed by atoms with Crippen LogP contribution >= 0.6 is 11.3 Å². The average Bonchev–Trinajstić information content (AvgIpc) is 3.44. The minimum absolute atomic E-state index is 0.0662. The van der Waals surface area contributed by atoms with Gasteiger partial charge < -0.3 is 19.8 Å². The van der Waals surface area contributed by atoms with Crippen LogP contribution in [0.15, 0.2) is 60.7 Å². The van der Waals surface area contributed by atoms with E-state index in [9.17, 15) is 19.8 Å². The lowest BCUT2D eigenvalue weighted by Crippen LogP contribution is -2.30. The lowest BCUT2D eigenvalue weighted by atomic mass is 10.0. The Balaban J connectivity index is 1.32. The number of thiazole rings is 1. The lowest BCUT2D eigenvalue weighted by molar-refractivity contribution is -0.123. The van der Waals surface area contributed by atoms with Crippen LogP contribution in [-0.2, 0) is 18.0 Å². The number of rotatable bonds is 12. The van der Waals surface area contributed by atoms with Gasteiger partial charge in [-0.15, -0.1) is 0 Å². The monoisotopic (exact) mass is 598 g/mol. The number of hydrogen-bond acceptors (Lipinski definition) is 9. The number of Topliss-reactive ketones (excluding diaryl/α,β-unsaturated/α-hetero) is 1. The molecule has 1 saturated heterocycles.